The summed E-state index contributed by atoms with van der Waals surface area (Å²) in [7, 11) is 1.77. The van der Waals surface area contributed by atoms with Crippen molar-refractivity contribution in [1.29, 1.82) is 0 Å². The van der Waals surface area contributed by atoms with E-state index in [1.807, 2.05) is 6.07 Å². The molecule has 20 heavy (non-hydrogen) atoms. The molecule has 0 aromatic carbocycles. The third-order valence-corrected chi connectivity index (χ3v) is 4.37. The first-order valence-corrected chi connectivity index (χ1v) is 7.86. The normalized spacial score (nSPS) is 19.6. The van der Waals surface area contributed by atoms with E-state index in [0.29, 0.717) is 5.15 Å². The predicted octanol–water partition coefficient (Wildman–Crippen LogP) is 4.62. The Labute approximate surface area is 127 Å². The Morgan fingerprint density at radius 2 is 1.70 bits per heavy atom. The van der Waals surface area contributed by atoms with E-state index >= 15 is 0 Å². The highest BCUT2D eigenvalue weighted by Crippen LogP contribution is 2.38. The summed E-state index contributed by atoms with van der Waals surface area (Å²) in [4.78, 5) is 9.28. The topological polar surface area (TPSA) is 35.0 Å². The molecule has 1 aliphatic carbocycles. The molecule has 1 aromatic rings. The van der Waals surface area contributed by atoms with Gasteiger partial charge in [-0.15, -0.1) is 0 Å². The van der Waals surface area contributed by atoms with E-state index in [9.17, 15) is 0 Å². The van der Waals surface area contributed by atoms with E-state index < -0.39 is 0 Å². The highest BCUT2D eigenvalue weighted by atomic mass is 35.5. The fourth-order valence-electron chi connectivity index (χ4n) is 2.82. The van der Waals surface area contributed by atoms with Crippen LogP contribution in [0.2, 0.25) is 5.15 Å². The predicted molar refractivity (Wildman–Crippen MR) is 82.1 cm³/mol. The third-order valence-electron chi connectivity index (χ3n) is 4.17. The lowest BCUT2D eigenvalue weighted by molar-refractivity contribution is -0.0354. The molecule has 0 aliphatic heterocycles. The van der Waals surface area contributed by atoms with E-state index in [0.717, 1.165) is 37.2 Å². The van der Waals surface area contributed by atoms with Gasteiger partial charge in [-0.1, -0.05) is 58.1 Å². The summed E-state index contributed by atoms with van der Waals surface area (Å²) in [5, 5.41) is 0.514. The van der Waals surface area contributed by atoms with Crippen molar-refractivity contribution in [2.45, 2.75) is 70.3 Å². The first kappa shape index (κ1) is 15.7. The van der Waals surface area contributed by atoms with Gasteiger partial charge in [-0.3, -0.25) is 0 Å². The minimum absolute atomic E-state index is 0.0407. The molecule has 0 amide bonds. The second-order valence-electron chi connectivity index (χ2n) is 6.76. The Kier molecular flexibility index (Phi) is 4.70. The van der Waals surface area contributed by atoms with Gasteiger partial charge in [0.05, 0.1) is 5.69 Å². The van der Waals surface area contributed by atoms with E-state index in [1.54, 1.807) is 7.11 Å². The first-order chi connectivity index (χ1) is 9.37. The van der Waals surface area contributed by atoms with Crippen LogP contribution in [0.3, 0.4) is 0 Å². The summed E-state index contributed by atoms with van der Waals surface area (Å²) in [5.74, 6) is 0.763. The molecule has 2 rings (SSSR count). The molecular formula is C16H25ClN2O. The van der Waals surface area contributed by atoms with Crippen LogP contribution in [-0.2, 0) is 15.8 Å². The third kappa shape index (κ3) is 3.32. The van der Waals surface area contributed by atoms with Crippen molar-refractivity contribution in [1.82, 2.24) is 9.97 Å². The molecular weight excluding hydrogens is 272 g/mol. The Morgan fingerprint density at radius 3 is 2.20 bits per heavy atom. The number of hydrogen-bond acceptors (Lipinski definition) is 3. The van der Waals surface area contributed by atoms with Gasteiger partial charge >= 0.3 is 0 Å². The van der Waals surface area contributed by atoms with Crippen LogP contribution in [0, 0.1) is 0 Å². The number of nitrogens with zero attached hydrogens (tertiary/aromatic N) is 2. The summed E-state index contributed by atoms with van der Waals surface area (Å²) >= 11 is 6.23. The van der Waals surface area contributed by atoms with Gasteiger partial charge < -0.3 is 4.74 Å². The number of halogens is 1. The fraction of sp³-hybridized carbons (Fsp3) is 0.750. The highest BCUT2D eigenvalue weighted by molar-refractivity contribution is 6.29. The lowest BCUT2D eigenvalue weighted by Gasteiger charge is -2.31. The van der Waals surface area contributed by atoms with Gasteiger partial charge in [-0.2, -0.15) is 0 Å². The second-order valence-corrected chi connectivity index (χ2v) is 7.15. The van der Waals surface area contributed by atoms with Crippen LogP contribution < -0.4 is 0 Å². The monoisotopic (exact) mass is 296 g/mol. The number of aromatic nitrogens is 2. The molecule has 1 saturated carbocycles. The lowest BCUT2D eigenvalue weighted by atomic mass is 9.90. The second kappa shape index (κ2) is 5.98. The summed E-state index contributed by atoms with van der Waals surface area (Å²) in [5.41, 5.74) is 0.579. The van der Waals surface area contributed by atoms with Gasteiger partial charge in [0, 0.05) is 12.5 Å². The summed E-state index contributed by atoms with van der Waals surface area (Å²) in [6.45, 7) is 6.42. The minimum atomic E-state index is -0.360. The lowest BCUT2D eigenvalue weighted by Crippen LogP contribution is -2.31. The van der Waals surface area contributed by atoms with Gasteiger partial charge in [0.25, 0.3) is 0 Å². The largest absolute Gasteiger partial charge is 0.370 e. The van der Waals surface area contributed by atoms with Gasteiger partial charge in [0.2, 0.25) is 0 Å². The molecule has 4 heteroatoms. The number of rotatable bonds is 2. The van der Waals surface area contributed by atoms with Crippen molar-refractivity contribution in [3.05, 3.63) is 22.7 Å². The maximum atomic E-state index is 6.23. The molecule has 1 fully saturated rings. The van der Waals surface area contributed by atoms with Gasteiger partial charge in [-0.25, -0.2) is 9.97 Å². The molecule has 1 aliphatic rings. The van der Waals surface area contributed by atoms with Crippen molar-refractivity contribution in [3.63, 3.8) is 0 Å². The Morgan fingerprint density at radius 1 is 1.10 bits per heavy atom. The zero-order valence-electron chi connectivity index (χ0n) is 13.0. The van der Waals surface area contributed by atoms with E-state index in [1.165, 1.54) is 12.8 Å². The van der Waals surface area contributed by atoms with Crippen molar-refractivity contribution in [2.75, 3.05) is 7.11 Å². The van der Waals surface area contributed by atoms with E-state index in [4.69, 9.17) is 21.3 Å². The SMILES string of the molecule is COC1(c2nc(Cl)cc(C(C)(C)C)n2)CCCCCC1. The Hall–Kier alpha value is -0.670. The molecule has 0 unspecified atom stereocenters. The van der Waals surface area contributed by atoms with Crippen LogP contribution >= 0.6 is 11.6 Å². The average Bonchev–Trinajstić information content (AvgIpc) is 2.63. The molecule has 3 nitrogen and oxygen atoms in total. The van der Waals surface area contributed by atoms with Gasteiger partial charge in [0.15, 0.2) is 5.82 Å². The number of hydrogen-bond donors (Lipinski definition) is 0. The average molecular weight is 297 g/mol. The molecule has 0 spiro atoms. The quantitative estimate of drug-likeness (QED) is 0.590. The van der Waals surface area contributed by atoms with E-state index in [2.05, 4.69) is 25.8 Å². The molecule has 0 radical (unpaired) electrons. The molecule has 0 saturated heterocycles. The zero-order chi connectivity index (χ0) is 14.8. The fourth-order valence-corrected chi connectivity index (χ4v) is 3.01. The summed E-state index contributed by atoms with van der Waals surface area (Å²) in [6, 6.07) is 1.87. The van der Waals surface area contributed by atoms with Crippen LogP contribution in [0.4, 0.5) is 0 Å². The van der Waals surface area contributed by atoms with E-state index in [-0.39, 0.29) is 11.0 Å². The van der Waals surface area contributed by atoms with Crippen LogP contribution in [-0.4, -0.2) is 17.1 Å². The smallest absolute Gasteiger partial charge is 0.162 e. The van der Waals surface area contributed by atoms with Crippen molar-refractivity contribution in [2.24, 2.45) is 0 Å². The molecule has 0 bridgehead atoms. The van der Waals surface area contributed by atoms with Crippen LogP contribution in [0.1, 0.15) is 70.8 Å². The zero-order valence-corrected chi connectivity index (χ0v) is 13.8. The van der Waals surface area contributed by atoms with Crippen molar-refractivity contribution < 1.29 is 4.74 Å². The first-order valence-electron chi connectivity index (χ1n) is 7.48. The molecule has 1 aromatic heterocycles. The molecule has 0 N–H and O–H groups in total. The maximum Gasteiger partial charge on any atom is 0.162 e. The highest BCUT2D eigenvalue weighted by Gasteiger charge is 2.36. The van der Waals surface area contributed by atoms with Crippen LogP contribution in [0.25, 0.3) is 0 Å². The number of ether oxygens (including phenoxy) is 1. The van der Waals surface area contributed by atoms with Gasteiger partial charge in [0.1, 0.15) is 10.8 Å². The maximum absolute atomic E-state index is 6.23. The standard InChI is InChI=1S/C16H25ClN2O/c1-15(2,3)12-11-13(17)19-14(18-12)16(20-4)9-7-5-6-8-10-16/h11H,5-10H2,1-4H3. The van der Waals surface area contributed by atoms with Crippen LogP contribution in [0.15, 0.2) is 6.07 Å². The van der Waals surface area contributed by atoms with Gasteiger partial charge in [-0.05, 0) is 18.9 Å². The van der Waals surface area contributed by atoms with Crippen LogP contribution in [0.5, 0.6) is 0 Å². The minimum Gasteiger partial charge on any atom is -0.370 e. The molecule has 0 atom stereocenters. The molecule has 1 heterocycles. The summed E-state index contributed by atoms with van der Waals surface area (Å²) in [6.07, 6.45) is 6.81. The number of methoxy groups -OCH3 is 1. The van der Waals surface area contributed by atoms with Crippen molar-refractivity contribution in [3.8, 4) is 0 Å². The molecule has 112 valence electrons. The van der Waals surface area contributed by atoms with Crippen molar-refractivity contribution >= 4 is 11.6 Å². The Balaban J connectivity index is 2.46. The summed E-state index contributed by atoms with van der Waals surface area (Å²) < 4.78 is 5.88. The Bertz CT molecular complexity index is 460.